The summed E-state index contributed by atoms with van der Waals surface area (Å²) in [6.07, 6.45) is 0. The maximum Gasteiger partial charge on any atom is 0.237 e. The Morgan fingerprint density at radius 3 is 2.12 bits per heavy atom. The van der Waals surface area contributed by atoms with Crippen molar-refractivity contribution < 1.29 is 4.79 Å². The van der Waals surface area contributed by atoms with E-state index in [1.54, 1.807) is 0 Å². The van der Waals surface area contributed by atoms with Crippen molar-refractivity contribution in [2.24, 2.45) is 0 Å². The van der Waals surface area contributed by atoms with E-state index in [9.17, 15) is 4.79 Å². The van der Waals surface area contributed by atoms with Gasteiger partial charge in [0.15, 0.2) is 0 Å². The molecule has 3 rings (SSSR count). The molecule has 4 nitrogen and oxygen atoms in total. The van der Waals surface area contributed by atoms with Crippen LogP contribution in [0.5, 0.6) is 0 Å². The second kappa shape index (κ2) is 8.97. The molecule has 0 unspecified atom stereocenters. The number of benzene rings is 2. The van der Waals surface area contributed by atoms with Gasteiger partial charge in [-0.05, 0) is 25.0 Å². The van der Waals surface area contributed by atoms with Gasteiger partial charge in [-0.15, -0.1) is 0 Å². The van der Waals surface area contributed by atoms with Gasteiger partial charge in [0.1, 0.15) is 0 Å². The minimum atomic E-state index is -0.0972. The van der Waals surface area contributed by atoms with E-state index >= 15 is 0 Å². The lowest BCUT2D eigenvalue weighted by Gasteiger charge is -2.37. The van der Waals surface area contributed by atoms with E-state index in [1.165, 1.54) is 5.56 Å². The number of rotatable bonds is 6. The normalized spacial score (nSPS) is 18.2. The van der Waals surface area contributed by atoms with E-state index in [-0.39, 0.29) is 18.0 Å². The van der Waals surface area contributed by atoms with Gasteiger partial charge in [-0.2, -0.15) is 0 Å². The number of piperazine rings is 1. The molecule has 1 amide bonds. The van der Waals surface area contributed by atoms with Crippen molar-refractivity contribution in [1.29, 1.82) is 0 Å². The van der Waals surface area contributed by atoms with Gasteiger partial charge in [0.05, 0.1) is 12.1 Å². The molecule has 4 heteroatoms. The van der Waals surface area contributed by atoms with Crippen LogP contribution >= 0.6 is 0 Å². The molecule has 1 fully saturated rings. The SMILES string of the molecule is C[C@H](NC(=O)[C@@H](C)N1CCN(Cc2ccccc2)CC1)c1ccccc1. The molecule has 0 aromatic heterocycles. The highest BCUT2D eigenvalue weighted by Gasteiger charge is 2.26. The average molecular weight is 351 g/mol. The second-order valence-corrected chi connectivity index (χ2v) is 7.11. The Balaban J connectivity index is 1.47. The summed E-state index contributed by atoms with van der Waals surface area (Å²) in [5, 5.41) is 3.15. The molecular weight excluding hydrogens is 322 g/mol. The Labute approximate surface area is 156 Å². The topological polar surface area (TPSA) is 35.6 Å². The fraction of sp³-hybridized carbons (Fsp3) is 0.409. The minimum absolute atomic E-state index is 0.0329. The molecular formula is C22H29N3O. The van der Waals surface area contributed by atoms with Gasteiger partial charge in [0, 0.05) is 32.7 Å². The van der Waals surface area contributed by atoms with E-state index in [0.29, 0.717) is 0 Å². The van der Waals surface area contributed by atoms with Gasteiger partial charge in [-0.1, -0.05) is 60.7 Å². The van der Waals surface area contributed by atoms with Crippen LogP contribution in [0.3, 0.4) is 0 Å². The zero-order valence-corrected chi connectivity index (χ0v) is 15.8. The molecule has 2 atom stereocenters. The largest absolute Gasteiger partial charge is 0.348 e. The molecule has 2 aromatic carbocycles. The van der Waals surface area contributed by atoms with E-state index < -0.39 is 0 Å². The zero-order chi connectivity index (χ0) is 18.4. The van der Waals surface area contributed by atoms with Gasteiger partial charge in [0.2, 0.25) is 5.91 Å². The summed E-state index contributed by atoms with van der Waals surface area (Å²) >= 11 is 0. The lowest BCUT2D eigenvalue weighted by molar-refractivity contribution is -0.127. The van der Waals surface area contributed by atoms with Crippen LogP contribution in [0.25, 0.3) is 0 Å². The molecule has 0 saturated carbocycles. The number of amides is 1. The predicted octanol–water partition coefficient (Wildman–Crippen LogP) is 3.07. The average Bonchev–Trinajstić information content (AvgIpc) is 2.69. The molecule has 1 N–H and O–H groups in total. The van der Waals surface area contributed by atoms with Crippen LogP contribution in [0.15, 0.2) is 60.7 Å². The molecule has 1 saturated heterocycles. The lowest BCUT2D eigenvalue weighted by Crippen LogP contribution is -2.53. The molecule has 138 valence electrons. The van der Waals surface area contributed by atoms with Crippen LogP contribution in [-0.4, -0.2) is 47.9 Å². The summed E-state index contributed by atoms with van der Waals surface area (Å²) in [6, 6.07) is 20.6. The van der Waals surface area contributed by atoms with Crippen LogP contribution < -0.4 is 5.32 Å². The molecule has 0 bridgehead atoms. The Kier molecular flexibility index (Phi) is 6.42. The number of carbonyl (C=O) groups is 1. The number of nitrogens with zero attached hydrogens (tertiary/aromatic N) is 2. The Morgan fingerprint density at radius 1 is 0.923 bits per heavy atom. The first-order valence-electron chi connectivity index (χ1n) is 9.49. The van der Waals surface area contributed by atoms with Gasteiger partial charge < -0.3 is 5.32 Å². The molecule has 2 aromatic rings. The van der Waals surface area contributed by atoms with Crippen LogP contribution in [0.1, 0.15) is 31.0 Å². The predicted molar refractivity (Wildman–Crippen MR) is 106 cm³/mol. The highest BCUT2D eigenvalue weighted by molar-refractivity contribution is 5.81. The smallest absolute Gasteiger partial charge is 0.237 e. The molecule has 1 aliphatic rings. The van der Waals surface area contributed by atoms with Gasteiger partial charge in [-0.3, -0.25) is 14.6 Å². The third-order valence-corrected chi connectivity index (χ3v) is 5.24. The standard InChI is InChI=1S/C22H29N3O/c1-18(21-11-7-4-8-12-21)23-22(26)19(2)25-15-13-24(14-16-25)17-20-9-5-3-6-10-20/h3-12,18-19H,13-17H2,1-2H3,(H,23,26)/t18-,19+/m0/s1. The number of hydrogen-bond acceptors (Lipinski definition) is 3. The summed E-state index contributed by atoms with van der Waals surface area (Å²) in [4.78, 5) is 17.4. The molecule has 1 heterocycles. The summed E-state index contributed by atoms with van der Waals surface area (Å²) in [5.74, 6) is 0.109. The van der Waals surface area contributed by atoms with Gasteiger partial charge in [0.25, 0.3) is 0 Å². The second-order valence-electron chi connectivity index (χ2n) is 7.11. The van der Waals surface area contributed by atoms with Gasteiger partial charge >= 0.3 is 0 Å². The molecule has 26 heavy (non-hydrogen) atoms. The molecule has 0 aliphatic carbocycles. The maximum atomic E-state index is 12.6. The van der Waals surface area contributed by atoms with E-state index in [4.69, 9.17) is 0 Å². The number of nitrogens with one attached hydrogen (secondary N) is 1. The molecule has 0 spiro atoms. The molecule has 1 aliphatic heterocycles. The van der Waals surface area contributed by atoms with Crippen molar-refractivity contribution >= 4 is 5.91 Å². The third-order valence-electron chi connectivity index (χ3n) is 5.24. The Morgan fingerprint density at radius 2 is 1.50 bits per heavy atom. The third kappa shape index (κ3) is 4.93. The first kappa shape index (κ1) is 18.6. The summed E-state index contributed by atoms with van der Waals surface area (Å²) in [7, 11) is 0. The summed E-state index contributed by atoms with van der Waals surface area (Å²) in [6.45, 7) is 8.90. The number of hydrogen-bond donors (Lipinski definition) is 1. The van der Waals surface area contributed by atoms with Crippen LogP contribution in [0, 0.1) is 0 Å². The fourth-order valence-corrected chi connectivity index (χ4v) is 3.48. The number of carbonyl (C=O) groups excluding carboxylic acids is 1. The van der Waals surface area contributed by atoms with Crippen molar-refractivity contribution in [1.82, 2.24) is 15.1 Å². The first-order valence-corrected chi connectivity index (χ1v) is 9.49. The zero-order valence-electron chi connectivity index (χ0n) is 15.8. The fourth-order valence-electron chi connectivity index (χ4n) is 3.48. The van der Waals surface area contributed by atoms with Crippen LogP contribution in [0.2, 0.25) is 0 Å². The Hall–Kier alpha value is -2.17. The summed E-state index contributed by atoms with van der Waals surface area (Å²) < 4.78 is 0. The maximum absolute atomic E-state index is 12.6. The highest BCUT2D eigenvalue weighted by Crippen LogP contribution is 2.14. The van der Waals surface area contributed by atoms with Gasteiger partial charge in [-0.25, -0.2) is 0 Å². The lowest BCUT2D eigenvalue weighted by atomic mass is 10.1. The first-order chi connectivity index (χ1) is 12.6. The molecule has 0 radical (unpaired) electrons. The van der Waals surface area contributed by atoms with Crippen molar-refractivity contribution in [3.63, 3.8) is 0 Å². The van der Waals surface area contributed by atoms with Crippen molar-refractivity contribution in [2.75, 3.05) is 26.2 Å². The highest BCUT2D eigenvalue weighted by atomic mass is 16.2. The van der Waals surface area contributed by atoms with E-state index in [2.05, 4.69) is 57.6 Å². The monoisotopic (exact) mass is 351 g/mol. The van der Waals surface area contributed by atoms with E-state index in [1.807, 2.05) is 32.0 Å². The van der Waals surface area contributed by atoms with Crippen molar-refractivity contribution in [3.05, 3.63) is 71.8 Å². The Bertz CT molecular complexity index is 681. The van der Waals surface area contributed by atoms with Crippen molar-refractivity contribution in [2.45, 2.75) is 32.5 Å². The minimum Gasteiger partial charge on any atom is -0.348 e. The quantitative estimate of drug-likeness (QED) is 0.869. The van der Waals surface area contributed by atoms with Crippen LogP contribution in [-0.2, 0) is 11.3 Å². The van der Waals surface area contributed by atoms with E-state index in [0.717, 1.165) is 38.3 Å². The summed E-state index contributed by atoms with van der Waals surface area (Å²) in [5.41, 5.74) is 2.49. The van der Waals surface area contributed by atoms with Crippen molar-refractivity contribution in [3.8, 4) is 0 Å². The van der Waals surface area contributed by atoms with Crippen LogP contribution in [0.4, 0.5) is 0 Å².